The summed E-state index contributed by atoms with van der Waals surface area (Å²) in [5, 5.41) is 10.8. The number of hydrogen-bond donors (Lipinski definition) is 0. The van der Waals surface area contributed by atoms with Gasteiger partial charge in [-0.15, -0.1) is 0 Å². The molecule has 0 aliphatic heterocycles. The predicted molar refractivity (Wildman–Crippen MR) is 91.1 cm³/mol. The summed E-state index contributed by atoms with van der Waals surface area (Å²) < 4.78 is 14.4. The van der Waals surface area contributed by atoms with Gasteiger partial charge in [0.1, 0.15) is 5.82 Å². The van der Waals surface area contributed by atoms with Gasteiger partial charge in [-0.3, -0.25) is 10.1 Å². The predicted octanol–water partition coefficient (Wildman–Crippen LogP) is 5.24. The summed E-state index contributed by atoms with van der Waals surface area (Å²) in [4.78, 5) is 10.3. The van der Waals surface area contributed by atoms with Gasteiger partial charge >= 0.3 is 0 Å². The molecule has 0 heterocycles. The molecule has 0 aliphatic rings. The standard InChI is InChI=1S/C16H8Br2FNO2/c17-16(18)13(8-6-11-4-2-1-3-5-11)14-10-12(20(21)22)7-9-15(14)19/h1-5,7,9-10H. The highest BCUT2D eigenvalue weighted by atomic mass is 79.9. The van der Waals surface area contributed by atoms with Gasteiger partial charge in [-0.05, 0) is 50.1 Å². The van der Waals surface area contributed by atoms with Crippen molar-refractivity contribution >= 4 is 43.1 Å². The molecule has 0 bridgehead atoms. The van der Waals surface area contributed by atoms with Crippen molar-refractivity contribution in [1.82, 2.24) is 0 Å². The zero-order valence-corrected chi connectivity index (χ0v) is 14.2. The van der Waals surface area contributed by atoms with E-state index in [4.69, 9.17) is 0 Å². The Bertz CT molecular complexity index is 804. The summed E-state index contributed by atoms with van der Waals surface area (Å²) in [6, 6.07) is 12.5. The average molecular weight is 425 g/mol. The third-order valence-electron chi connectivity index (χ3n) is 2.72. The minimum Gasteiger partial charge on any atom is -0.258 e. The molecule has 110 valence electrons. The number of non-ortho nitro benzene ring substituents is 1. The number of halogens is 3. The molecule has 0 fully saturated rings. The number of rotatable bonds is 2. The monoisotopic (exact) mass is 423 g/mol. The van der Waals surface area contributed by atoms with E-state index in [0.717, 1.165) is 23.8 Å². The fourth-order valence-corrected chi connectivity index (χ4v) is 2.32. The Labute approximate surface area is 143 Å². The van der Waals surface area contributed by atoms with Gasteiger partial charge in [-0.25, -0.2) is 4.39 Å². The Hall–Kier alpha value is -1.97. The summed E-state index contributed by atoms with van der Waals surface area (Å²) in [5.41, 5.74) is 0.912. The van der Waals surface area contributed by atoms with Gasteiger partial charge in [-0.1, -0.05) is 30.0 Å². The molecule has 0 atom stereocenters. The summed E-state index contributed by atoms with van der Waals surface area (Å²) in [6.45, 7) is 0. The van der Waals surface area contributed by atoms with Gasteiger partial charge in [0.2, 0.25) is 0 Å². The van der Waals surface area contributed by atoms with E-state index in [-0.39, 0.29) is 11.3 Å². The van der Waals surface area contributed by atoms with Crippen molar-refractivity contribution in [1.29, 1.82) is 0 Å². The van der Waals surface area contributed by atoms with E-state index >= 15 is 0 Å². The number of benzene rings is 2. The molecule has 22 heavy (non-hydrogen) atoms. The number of nitrogens with zero attached hydrogens (tertiary/aromatic N) is 1. The van der Waals surface area contributed by atoms with Gasteiger partial charge in [0.25, 0.3) is 5.69 Å². The van der Waals surface area contributed by atoms with Crippen LogP contribution in [0.1, 0.15) is 11.1 Å². The largest absolute Gasteiger partial charge is 0.270 e. The Balaban J connectivity index is 2.52. The fourth-order valence-electron chi connectivity index (χ4n) is 1.69. The molecule has 0 saturated carbocycles. The van der Waals surface area contributed by atoms with Crippen LogP contribution in [-0.2, 0) is 0 Å². The summed E-state index contributed by atoms with van der Waals surface area (Å²) in [7, 11) is 0. The maximum atomic E-state index is 14.0. The lowest BCUT2D eigenvalue weighted by molar-refractivity contribution is -0.384. The number of allylic oxidation sites excluding steroid dienone is 1. The highest BCUT2D eigenvalue weighted by Gasteiger charge is 2.15. The van der Waals surface area contributed by atoms with E-state index in [0.29, 0.717) is 8.96 Å². The Morgan fingerprint density at radius 2 is 1.82 bits per heavy atom. The van der Waals surface area contributed by atoms with Crippen LogP contribution < -0.4 is 0 Å². The van der Waals surface area contributed by atoms with Crippen molar-refractivity contribution in [2.75, 3.05) is 0 Å². The van der Waals surface area contributed by atoms with Crippen molar-refractivity contribution in [2.24, 2.45) is 0 Å². The third kappa shape index (κ3) is 4.03. The first kappa shape index (κ1) is 16.4. The van der Waals surface area contributed by atoms with Crippen molar-refractivity contribution in [2.45, 2.75) is 0 Å². The molecular weight excluding hydrogens is 417 g/mol. The average Bonchev–Trinajstić information content (AvgIpc) is 2.49. The smallest absolute Gasteiger partial charge is 0.258 e. The first-order valence-corrected chi connectivity index (χ1v) is 7.64. The van der Waals surface area contributed by atoms with Crippen molar-refractivity contribution in [3.63, 3.8) is 0 Å². The molecule has 0 saturated heterocycles. The summed E-state index contributed by atoms with van der Waals surface area (Å²) >= 11 is 6.41. The van der Waals surface area contributed by atoms with Gasteiger partial charge < -0.3 is 0 Å². The van der Waals surface area contributed by atoms with E-state index in [1.54, 1.807) is 0 Å². The van der Waals surface area contributed by atoms with Crippen LogP contribution in [0.4, 0.5) is 10.1 Å². The van der Waals surface area contributed by atoms with Crippen molar-refractivity contribution in [3.05, 3.63) is 79.0 Å². The van der Waals surface area contributed by atoms with E-state index < -0.39 is 10.7 Å². The van der Waals surface area contributed by atoms with Gasteiger partial charge in [0.15, 0.2) is 0 Å². The van der Waals surface area contributed by atoms with E-state index in [9.17, 15) is 14.5 Å². The molecule has 2 aromatic carbocycles. The Morgan fingerprint density at radius 1 is 1.14 bits per heavy atom. The van der Waals surface area contributed by atoms with Gasteiger partial charge in [-0.2, -0.15) is 0 Å². The molecule has 2 rings (SSSR count). The van der Waals surface area contributed by atoms with Crippen LogP contribution in [-0.4, -0.2) is 4.92 Å². The molecular formula is C16H8Br2FNO2. The number of nitro benzene ring substituents is 1. The zero-order valence-electron chi connectivity index (χ0n) is 11.0. The topological polar surface area (TPSA) is 43.1 Å². The molecule has 0 aromatic heterocycles. The molecule has 0 spiro atoms. The lowest BCUT2D eigenvalue weighted by Crippen LogP contribution is -1.94. The molecule has 6 heteroatoms. The van der Waals surface area contributed by atoms with E-state index in [2.05, 4.69) is 43.7 Å². The van der Waals surface area contributed by atoms with Gasteiger partial charge in [0, 0.05) is 23.3 Å². The van der Waals surface area contributed by atoms with Crippen LogP contribution in [0.3, 0.4) is 0 Å². The molecule has 0 radical (unpaired) electrons. The summed E-state index contributed by atoms with van der Waals surface area (Å²) in [6.07, 6.45) is 0. The molecule has 0 N–H and O–H groups in total. The van der Waals surface area contributed by atoms with Gasteiger partial charge in [0.05, 0.1) is 13.9 Å². The normalized spacial score (nSPS) is 9.59. The van der Waals surface area contributed by atoms with Crippen LogP contribution in [0, 0.1) is 27.8 Å². The van der Waals surface area contributed by atoms with Crippen molar-refractivity contribution in [3.8, 4) is 11.8 Å². The Kier molecular flexibility index (Phi) is 5.47. The lowest BCUT2D eigenvalue weighted by atomic mass is 10.1. The van der Waals surface area contributed by atoms with E-state index in [1.807, 2.05) is 30.3 Å². The molecule has 0 unspecified atom stereocenters. The minimum atomic E-state index is -0.584. The van der Waals surface area contributed by atoms with Crippen LogP contribution in [0.25, 0.3) is 5.57 Å². The molecule has 3 nitrogen and oxygen atoms in total. The molecule has 2 aromatic rings. The van der Waals surface area contributed by atoms with E-state index in [1.165, 1.54) is 0 Å². The summed E-state index contributed by atoms with van der Waals surface area (Å²) in [5.74, 6) is 5.14. The van der Waals surface area contributed by atoms with Crippen LogP contribution in [0.5, 0.6) is 0 Å². The molecule has 0 amide bonds. The number of nitro groups is 1. The fraction of sp³-hybridized carbons (Fsp3) is 0. The van der Waals surface area contributed by atoms with Crippen LogP contribution >= 0.6 is 31.9 Å². The van der Waals surface area contributed by atoms with Crippen molar-refractivity contribution < 1.29 is 9.31 Å². The quantitative estimate of drug-likeness (QED) is 0.375. The van der Waals surface area contributed by atoms with Crippen LogP contribution in [0.15, 0.2) is 51.9 Å². The Morgan fingerprint density at radius 3 is 2.41 bits per heavy atom. The minimum absolute atomic E-state index is 0.0568. The number of hydrogen-bond acceptors (Lipinski definition) is 2. The maximum absolute atomic E-state index is 14.0. The maximum Gasteiger partial charge on any atom is 0.270 e. The third-order valence-corrected chi connectivity index (χ3v) is 3.52. The first-order chi connectivity index (χ1) is 10.5. The second-order valence-electron chi connectivity index (χ2n) is 4.17. The highest BCUT2D eigenvalue weighted by molar-refractivity contribution is 9.28. The molecule has 0 aliphatic carbocycles. The lowest BCUT2D eigenvalue weighted by Gasteiger charge is -2.03. The highest BCUT2D eigenvalue weighted by Crippen LogP contribution is 2.30. The van der Waals surface area contributed by atoms with Crippen LogP contribution in [0.2, 0.25) is 0 Å². The SMILES string of the molecule is O=[N+]([O-])c1ccc(F)c(C(C#Cc2ccccc2)=C(Br)Br)c1. The first-order valence-electron chi connectivity index (χ1n) is 6.05. The zero-order chi connectivity index (χ0) is 16.1. The second-order valence-corrected chi connectivity index (χ2v) is 6.82. The second kappa shape index (κ2) is 7.34.